The van der Waals surface area contributed by atoms with E-state index in [-0.39, 0.29) is 19.5 Å². The second-order valence-corrected chi connectivity index (χ2v) is 6.31. The van der Waals surface area contributed by atoms with Crippen molar-refractivity contribution < 1.29 is 23.5 Å². The number of urea groups is 1. The van der Waals surface area contributed by atoms with Crippen molar-refractivity contribution in [2.75, 3.05) is 20.1 Å². The minimum absolute atomic E-state index is 0.0858. The monoisotopic (exact) mass is 340 g/mol. The van der Waals surface area contributed by atoms with Crippen LogP contribution >= 0.6 is 0 Å². The number of halogens is 2. The zero-order valence-corrected chi connectivity index (χ0v) is 13.6. The van der Waals surface area contributed by atoms with E-state index in [0.29, 0.717) is 18.4 Å². The van der Waals surface area contributed by atoms with Gasteiger partial charge in [-0.2, -0.15) is 0 Å². The summed E-state index contributed by atoms with van der Waals surface area (Å²) in [4.78, 5) is 23.9. The first-order chi connectivity index (χ1) is 11.4. The van der Waals surface area contributed by atoms with E-state index in [9.17, 15) is 18.4 Å². The van der Waals surface area contributed by atoms with E-state index in [0.717, 1.165) is 18.9 Å². The van der Waals surface area contributed by atoms with Crippen LogP contribution in [0.3, 0.4) is 0 Å². The van der Waals surface area contributed by atoms with Gasteiger partial charge in [0.25, 0.3) is 0 Å². The smallest absolute Gasteiger partial charge is 0.317 e. The van der Waals surface area contributed by atoms with Crippen LogP contribution < -0.4 is 5.32 Å². The van der Waals surface area contributed by atoms with Gasteiger partial charge in [0.1, 0.15) is 0 Å². The summed E-state index contributed by atoms with van der Waals surface area (Å²) in [6, 6.07) is 3.72. The lowest BCUT2D eigenvalue weighted by molar-refractivity contribution is -0.137. The molecule has 5 nitrogen and oxygen atoms in total. The molecule has 0 heterocycles. The quantitative estimate of drug-likeness (QED) is 0.836. The van der Waals surface area contributed by atoms with Crippen LogP contribution in [0.4, 0.5) is 13.6 Å². The van der Waals surface area contributed by atoms with E-state index < -0.39 is 29.0 Å². The van der Waals surface area contributed by atoms with Crippen LogP contribution in [0.15, 0.2) is 18.2 Å². The first kappa shape index (κ1) is 18.2. The van der Waals surface area contributed by atoms with Gasteiger partial charge in [0.15, 0.2) is 11.6 Å². The first-order valence-electron chi connectivity index (χ1n) is 8.01. The van der Waals surface area contributed by atoms with E-state index in [4.69, 9.17) is 5.11 Å². The fourth-order valence-electron chi connectivity index (χ4n) is 3.25. The number of carboxylic acid groups (broad SMARTS) is 1. The summed E-state index contributed by atoms with van der Waals surface area (Å²) in [5.41, 5.74) is -0.316. The number of carboxylic acids is 1. The minimum Gasteiger partial charge on any atom is -0.481 e. The van der Waals surface area contributed by atoms with Crippen molar-refractivity contribution in [3.05, 3.63) is 35.4 Å². The third-order valence-electron chi connectivity index (χ3n) is 4.67. The molecule has 0 atom stereocenters. The van der Waals surface area contributed by atoms with Crippen molar-refractivity contribution in [2.45, 2.75) is 37.5 Å². The van der Waals surface area contributed by atoms with Gasteiger partial charge in [0.05, 0.1) is 6.42 Å². The van der Waals surface area contributed by atoms with Crippen LogP contribution in [0, 0.1) is 11.6 Å². The molecule has 1 saturated carbocycles. The molecule has 0 unspecified atom stereocenters. The number of carbonyl (C=O) groups excluding carboxylic acids is 1. The average Bonchev–Trinajstić information content (AvgIpc) is 3.02. The maximum absolute atomic E-state index is 14.2. The lowest BCUT2D eigenvalue weighted by atomic mass is 9.78. The maximum Gasteiger partial charge on any atom is 0.317 e. The number of rotatable bonds is 6. The Labute approximate surface area is 139 Å². The van der Waals surface area contributed by atoms with Gasteiger partial charge in [-0.3, -0.25) is 4.79 Å². The summed E-state index contributed by atoms with van der Waals surface area (Å²) in [5.74, 6) is -2.72. The van der Waals surface area contributed by atoms with E-state index in [2.05, 4.69) is 5.32 Å². The molecule has 1 aromatic carbocycles. The van der Waals surface area contributed by atoms with Gasteiger partial charge in [-0.25, -0.2) is 13.6 Å². The minimum atomic E-state index is -0.983. The molecule has 0 bridgehead atoms. The van der Waals surface area contributed by atoms with Crippen molar-refractivity contribution in [1.29, 1.82) is 0 Å². The lowest BCUT2D eigenvalue weighted by Gasteiger charge is -2.31. The van der Waals surface area contributed by atoms with Crippen molar-refractivity contribution in [2.24, 2.45) is 0 Å². The molecule has 1 fully saturated rings. The number of nitrogens with one attached hydrogen (secondary N) is 1. The van der Waals surface area contributed by atoms with Crippen molar-refractivity contribution in [1.82, 2.24) is 10.2 Å². The second kappa shape index (κ2) is 7.59. The van der Waals surface area contributed by atoms with Crippen LogP contribution in [0.25, 0.3) is 0 Å². The number of nitrogens with zero attached hydrogens (tertiary/aromatic N) is 1. The molecule has 7 heteroatoms. The third-order valence-corrected chi connectivity index (χ3v) is 4.67. The SMILES string of the molecule is CN(CCC(=O)O)C(=O)NCC1(c2cccc(F)c2F)CCCC1. The molecule has 2 amide bonds. The van der Waals surface area contributed by atoms with Crippen LogP contribution in [-0.4, -0.2) is 42.1 Å². The Balaban J connectivity index is 2.08. The molecule has 132 valence electrons. The number of hydrogen-bond acceptors (Lipinski definition) is 2. The lowest BCUT2D eigenvalue weighted by Crippen LogP contribution is -2.45. The average molecular weight is 340 g/mol. The zero-order valence-electron chi connectivity index (χ0n) is 13.6. The normalized spacial score (nSPS) is 16.0. The molecule has 1 aliphatic rings. The Bertz CT molecular complexity index is 616. The molecule has 0 aromatic heterocycles. The van der Waals surface area contributed by atoms with Crippen LogP contribution in [0.1, 0.15) is 37.7 Å². The van der Waals surface area contributed by atoms with Crippen molar-refractivity contribution >= 4 is 12.0 Å². The number of carbonyl (C=O) groups is 2. The molecule has 1 aliphatic carbocycles. The van der Waals surface area contributed by atoms with E-state index in [1.165, 1.54) is 18.0 Å². The summed E-state index contributed by atoms with van der Waals surface area (Å²) in [7, 11) is 1.50. The molecule has 0 spiro atoms. The predicted octanol–water partition coefficient (Wildman–Crippen LogP) is 2.89. The second-order valence-electron chi connectivity index (χ2n) is 6.31. The number of amides is 2. The Morgan fingerprint density at radius 2 is 1.96 bits per heavy atom. The summed E-state index contributed by atoms with van der Waals surface area (Å²) in [6.07, 6.45) is 2.98. The Hall–Kier alpha value is -2.18. The standard InChI is InChI=1S/C17H22F2N2O3/c1-21(10-7-14(22)23)16(24)20-11-17(8-2-3-9-17)12-5-4-6-13(18)15(12)19/h4-6H,2-3,7-11H2,1H3,(H,20,24)(H,22,23). The Morgan fingerprint density at radius 1 is 1.29 bits per heavy atom. The number of hydrogen-bond donors (Lipinski definition) is 2. The van der Waals surface area contributed by atoms with Gasteiger partial charge >= 0.3 is 12.0 Å². The summed E-state index contributed by atoms with van der Waals surface area (Å²) >= 11 is 0. The first-order valence-corrected chi connectivity index (χ1v) is 8.01. The molecule has 2 rings (SSSR count). The molecule has 2 N–H and O–H groups in total. The third kappa shape index (κ3) is 4.01. The van der Waals surface area contributed by atoms with E-state index >= 15 is 0 Å². The van der Waals surface area contributed by atoms with Gasteiger partial charge in [-0.15, -0.1) is 0 Å². The fourth-order valence-corrected chi connectivity index (χ4v) is 3.25. The van der Waals surface area contributed by atoms with Crippen LogP contribution in [0.2, 0.25) is 0 Å². The zero-order chi connectivity index (χ0) is 17.7. The summed E-state index contributed by atoms with van der Waals surface area (Å²) < 4.78 is 27.8. The Morgan fingerprint density at radius 3 is 2.58 bits per heavy atom. The maximum atomic E-state index is 14.2. The van der Waals surface area contributed by atoms with Gasteiger partial charge in [-0.05, 0) is 24.5 Å². The van der Waals surface area contributed by atoms with Crippen LogP contribution in [0.5, 0.6) is 0 Å². The number of aliphatic carboxylic acids is 1. The summed E-state index contributed by atoms with van der Waals surface area (Å²) in [6.45, 7) is 0.284. The highest BCUT2D eigenvalue weighted by Crippen LogP contribution is 2.42. The van der Waals surface area contributed by atoms with Gasteiger partial charge < -0.3 is 15.3 Å². The molecular weight excluding hydrogens is 318 g/mol. The molecule has 0 aliphatic heterocycles. The van der Waals surface area contributed by atoms with Crippen molar-refractivity contribution in [3.8, 4) is 0 Å². The van der Waals surface area contributed by atoms with E-state index in [1.807, 2.05) is 0 Å². The fraction of sp³-hybridized carbons (Fsp3) is 0.529. The highest BCUT2D eigenvalue weighted by atomic mass is 19.2. The molecule has 0 saturated heterocycles. The van der Waals surface area contributed by atoms with Gasteiger partial charge in [0, 0.05) is 25.6 Å². The highest BCUT2D eigenvalue weighted by Gasteiger charge is 2.38. The van der Waals surface area contributed by atoms with Gasteiger partial charge in [0.2, 0.25) is 0 Å². The van der Waals surface area contributed by atoms with Crippen molar-refractivity contribution in [3.63, 3.8) is 0 Å². The summed E-state index contributed by atoms with van der Waals surface area (Å²) in [5, 5.41) is 11.4. The molecular formula is C17H22F2N2O3. The predicted molar refractivity (Wildman–Crippen MR) is 84.8 cm³/mol. The molecule has 0 radical (unpaired) electrons. The molecule has 1 aromatic rings. The topological polar surface area (TPSA) is 69.6 Å². The van der Waals surface area contributed by atoms with Crippen LogP contribution in [-0.2, 0) is 10.2 Å². The number of benzene rings is 1. The Kier molecular flexibility index (Phi) is 5.75. The van der Waals surface area contributed by atoms with Gasteiger partial charge in [-0.1, -0.05) is 25.0 Å². The molecule has 24 heavy (non-hydrogen) atoms. The largest absolute Gasteiger partial charge is 0.481 e. The van der Waals surface area contributed by atoms with E-state index in [1.54, 1.807) is 6.07 Å². The highest BCUT2D eigenvalue weighted by molar-refractivity contribution is 5.75.